The fourth-order valence-electron chi connectivity index (χ4n) is 11.9. The van der Waals surface area contributed by atoms with Gasteiger partial charge in [-0.25, -0.2) is 0 Å². The molecule has 0 saturated heterocycles. The lowest BCUT2D eigenvalue weighted by atomic mass is 9.41. The van der Waals surface area contributed by atoms with Crippen LogP contribution in [-0.2, 0) is 0 Å². The summed E-state index contributed by atoms with van der Waals surface area (Å²) in [7, 11) is 0. The molecule has 0 bridgehead atoms. The van der Waals surface area contributed by atoms with Gasteiger partial charge in [-0.05, 0) is 153 Å². The minimum atomic E-state index is -0.180. The molecule has 5 heteroatoms. The minimum absolute atomic E-state index is 0.167. The first kappa shape index (κ1) is 42.4. The van der Waals surface area contributed by atoms with E-state index < -0.39 is 0 Å². The van der Waals surface area contributed by atoms with Gasteiger partial charge in [0.2, 0.25) is 0 Å². The van der Waals surface area contributed by atoms with Crippen LogP contribution in [0.5, 0.6) is 0 Å². The standard InChI is InChI=1S/C67H48BN3S/c1-45-40-50(47-22-9-3-10-23-47)34-37-60(45)70-62-39-36-54(69(52-27-13-5-14-28-52)53-29-15-6-16-30-53)43-59(62)68-66-63(70)44-57-56-32-17-18-33-64(56)72-67(57)65(66)58-42-51(48-24-11-4-12-25-48)35-38-61(58)71(68)55-31-19-26-49(41-55)46-20-7-2-8-21-46/h2-44,57,67H,1H3. The fraction of sp³-hybridized carbons (Fsp3) is 0.0448. The highest BCUT2D eigenvalue weighted by molar-refractivity contribution is 8.00. The van der Waals surface area contributed by atoms with Crippen molar-refractivity contribution in [2.24, 2.45) is 0 Å². The number of anilines is 7. The van der Waals surface area contributed by atoms with E-state index in [-0.39, 0.29) is 18.0 Å². The van der Waals surface area contributed by atoms with E-state index in [2.05, 4.69) is 282 Å². The second kappa shape index (κ2) is 17.4. The van der Waals surface area contributed by atoms with E-state index in [1.165, 1.54) is 94.2 Å². The Balaban J connectivity index is 1.09. The third-order valence-corrected chi connectivity index (χ3v) is 16.5. The summed E-state index contributed by atoms with van der Waals surface area (Å²) in [5.74, 6) is 0.167. The first-order valence-corrected chi connectivity index (χ1v) is 25.9. The van der Waals surface area contributed by atoms with Gasteiger partial charge in [0.25, 0.3) is 0 Å². The highest BCUT2D eigenvalue weighted by atomic mass is 32.2. The largest absolute Gasteiger partial charge is 0.376 e. The van der Waals surface area contributed by atoms with Crippen LogP contribution in [-0.4, -0.2) is 12.1 Å². The molecule has 3 heterocycles. The van der Waals surface area contributed by atoms with Crippen molar-refractivity contribution < 1.29 is 0 Å². The van der Waals surface area contributed by atoms with Crippen LogP contribution in [0.25, 0.3) is 39.0 Å². The first-order chi connectivity index (χ1) is 35.6. The predicted octanol–water partition coefficient (Wildman–Crippen LogP) is 17.1. The molecule has 0 fully saturated rings. The van der Waals surface area contributed by atoms with E-state index in [4.69, 9.17) is 0 Å². The average Bonchev–Trinajstić information content (AvgIpc) is 3.83. The maximum atomic E-state index is 2.68. The Hall–Kier alpha value is -8.51. The van der Waals surface area contributed by atoms with Crippen LogP contribution in [0.2, 0.25) is 0 Å². The van der Waals surface area contributed by atoms with Crippen LogP contribution in [0.3, 0.4) is 0 Å². The maximum Gasteiger partial charge on any atom is 0.332 e. The molecule has 1 aliphatic carbocycles. The maximum absolute atomic E-state index is 2.68. The summed E-state index contributed by atoms with van der Waals surface area (Å²) in [4.78, 5) is 9.07. The number of hydrogen-bond donors (Lipinski definition) is 0. The molecule has 10 aromatic rings. The first-order valence-electron chi connectivity index (χ1n) is 25.0. The Labute approximate surface area is 426 Å². The molecule has 3 aliphatic heterocycles. The van der Waals surface area contributed by atoms with Crippen LogP contribution in [0.15, 0.2) is 277 Å². The predicted molar refractivity (Wildman–Crippen MR) is 305 cm³/mol. The summed E-state index contributed by atoms with van der Waals surface area (Å²) in [5.41, 5.74) is 24.5. The van der Waals surface area contributed by atoms with Crippen LogP contribution in [0.1, 0.15) is 22.6 Å². The molecule has 0 N–H and O–H groups in total. The van der Waals surface area contributed by atoms with E-state index in [9.17, 15) is 0 Å². The summed E-state index contributed by atoms with van der Waals surface area (Å²) < 4.78 is 0. The lowest BCUT2D eigenvalue weighted by Gasteiger charge is -2.50. The second-order valence-electron chi connectivity index (χ2n) is 19.2. The van der Waals surface area contributed by atoms with Gasteiger partial charge in [-0.2, -0.15) is 0 Å². The third kappa shape index (κ3) is 6.99. The Morgan fingerprint density at radius 3 is 1.62 bits per heavy atom. The number of hydrogen-bond acceptors (Lipinski definition) is 4. The lowest BCUT2D eigenvalue weighted by molar-refractivity contribution is 0.867. The van der Waals surface area contributed by atoms with Gasteiger partial charge in [-0.3, -0.25) is 0 Å². The van der Waals surface area contributed by atoms with Gasteiger partial charge in [0, 0.05) is 67.1 Å². The molecule has 0 spiro atoms. The summed E-state index contributed by atoms with van der Waals surface area (Å²) in [6.07, 6.45) is 2.64. The van der Waals surface area contributed by atoms with E-state index in [1.54, 1.807) is 0 Å². The van der Waals surface area contributed by atoms with Crippen LogP contribution < -0.4 is 20.1 Å². The van der Waals surface area contributed by atoms with Crippen molar-refractivity contribution >= 4 is 69.5 Å². The zero-order chi connectivity index (χ0) is 47.7. The molecule has 14 rings (SSSR count). The molecule has 2 unspecified atom stereocenters. The van der Waals surface area contributed by atoms with Gasteiger partial charge >= 0.3 is 6.85 Å². The fourth-order valence-corrected chi connectivity index (χ4v) is 13.4. The summed E-state index contributed by atoms with van der Waals surface area (Å²) >= 11 is 2.04. The molecule has 4 aliphatic rings. The topological polar surface area (TPSA) is 9.72 Å². The molecule has 340 valence electrons. The van der Waals surface area contributed by atoms with Crippen molar-refractivity contribution in [3.05, 3.63) is 289 Å². The molecule has 72 heavy (non-hydrogen) atoms. The van der Waals surface area contributed by atoms with Crippen molar-refractivity contribution in [2.75, 3.05) is 14.6 Å². The van der Waals surface area contributed by atoms with Crippen molar-refractivity contribution in [3.63, 3.8) is 0 Å². The normalized spacial score (nSPS) is 16.0. The monoisotopic (exact) mass is 937 g/mol. The Morgan fingerprint density at radius 2 is 0.986 bits per heavy atom. The molecule has 0 aromatic heterocycles. The van der Waals surface area contributed by atoms with Crippen LogP contribution in [0, 0.1) is 6.92 Å². The van der Waals surface area contributed by atoms with E-state index >= 15 is 0 Å². The number of allylic oxidation sites excluding steroid dienone is 2. The smallest absolute Gasteiger partial charge is 0.332 e. The molecule has 10 aromatic carbocycles. The number of rotatable bonds is 8. The highest BCUT2D eigenvalue weighted by Crippen LogP contribution is 2.61. The van der Waals surface area contributed by atoms with Gasteiger partial charge in [-0.15, -0.1) is 11.8 Å². The van der Waals surface area contributed by atoms with Gasteiger partial charge in [0.1, 0.15) is 0 Å². The SMILES string of the molecule is Cc1cc(-c2ccccc2)ccc1N1C2=CC3c4ccccc4SC3C3=C2B(c2cc(N(c4ccccc4)c4ccccc4)ccc21)N(c1cccc(-c2ccccc2)c1)c1ccc(-c2ccccc2)cc13. The number of benzene rings is 10. The van der Waals surface area contributed by atoms with Crippen molar-refractivity contribution in [3.8, 4) is 33.4 Å². The second-order valence-corrected chi connectivity index (χ2v) is 20.4. The lowest BCUT2D eigenvalue weighted by Crippen LogP contribution is -2.57. The van der Waals surface area contributed by atoms with Crippen molar-refractivity contribution in [1.82, 2.24) is 0 Å². The van der Waals surface area contributed by atoms with E-state index in [0.717, 1.165) is 22.7 Å². The summed E-state index contributed by atoms with van der Waals surface area (Å²) in [5, 5.41) is 0.171. The van der Waals surface area contributed by atoms with Crippen LogP contribution in [0.4, 0.5) is 39.8 Å². The molecule has 0 saturated carbocycles. The highest BCUT2D eigenvalue weighted by Gasteiger charge is 2.53. The van der Waals surface area contributed by atoms with E-state index in [0.29, 0.717) is 0 Å². The number of para-hydroxylation sites is 2. The van der Waals surface area contributed by atoms with Crippen molar-refractivity contribution in [2.45, 2.75) is 23.0 Å². The summed E-state index contributed by atoms with van der Waals surface area (Å²) in [6, 6.07) is 94.1. The molecule has 2 atom stereocenters. The number of nitrogens with zero attached hydrogens (tertiary/aromatic N) is 3. The average molecular weight is 938 g/mol. The molecule has 3 nitrogen and oxygen atoms in total. The number of thioether (sulfide) groups is 1. The number of fused-ring (bicyclic) bond motifs is 8. The quantitative estimate of drug-likeness (QED) is 0.140. The zero-order valence-electron chi connectivity index (χ0n) is 39.8. The minimum Gasteiger partial charge on any atom is -0.376 e. The van der Waals surface area contributed by atoms with Gasteiger partial charge in [0.15, 0.2) is 0 Å². The van der Waals surface area contributed by atoms with Gasteiger partial charge < -0.3 is 14.6 Å². The Bertz CT molecular complexity index is 3720. The van der Waals surface area contributed by atoms with E-state index in [1.807, 2.05) is 11.8 Å². The molecular weight excluding hydrogens is 890 g/mol. The van der Waals surface area contributed by atoms with Crippen LogP contribution >= 0.6 is 11.8 Å². The zero-order valence-corrected chi connectivity index (χ0v) is 40.6. The summed E-state index contributed by atoms with van der Waals surface area (Å²) in [6.45, 7) is 2.11. The molecule has 0 amide bonds. The van der Waals surface area contributed by atoms with Gasteiger partial charge in [-0.1, -0.05) is 176 Å². The molecule has 0 radical (unpaired) electrons. The van der Waals surface area contributed by atoms with Gasteiger partial charge in [0.05, 0.1) is 0 Å². The third-order valence-electron chi connectivity index (χ3n) is 15.1. The van der Waals surface area contributed by atoms with Crippen molar-refractivity contribution in [1.29, 1.82) is 0 Å². The Kier molecular flexibility index (Phi) is 10.3. The number of aryl methyl sites for hydroxylation is 1. The molecular formula is C67H48BN3S. The Morgan fingerprint density at radius 1 is 0.444 bits per heavy atom.